The van der Waals surface area contributed by atoms with Crippen molar-refractivity contribution in [2.75, 3.05) is 32.1 Å². The van der Waals surface area contributed by atoms with Crippen LogP contribution in [0.1, 0.15) is 18.9 Å². The van der Waals surface area contributed by atoms with Crippen molar-refractivity contribution in [2.24, 2.45) is 0 Å². The second-order valence-electron chi connectivity index (χ2n) is 7.08. The number of nitrogens with one attached hydrogen (secondary N) is 1. The quantitative estimate of drug-likeness (QED) is 0.604. The van der Waals surface area contributed by atoms with Gasteiger partial charge in [-0.3, -0.25) is 9.59 Å². The maximum Gasteiger partial charge on any atom is 0.321 e. The Labute approximate surface area is 191 Å². The van der Waals surface area contributed by atoms with E-state index < -0.39 is 22.5 Å². The molecule has 11 heteroatoms. The number of amides is 1. The zero-order chi connectivity index (χ0) is 23.3. The molecule has 0 atom stereocenters. The molecular formula is C21H23ClN2O7S. The Morgan fingerprint density at radius 2 is 1.84 bits per heavy atom. The minimum atomic E-state index is -3.92. The maximum atomic E-state index is 12.7. The molecule has 1 amide bonds. The second-order valence-corrected chi connectivity index (χ2v) is 9.53. The van der Waals surface area contributed by atoms with E-state index in [0.717, 1.165) is 10.7 Å². The van der Waals surface area contributed by atoms with Crippen molar-refractivity contribution < 1.29 is 32.2 Å². The minimum absolute atomic E-state index is 0.0171. The van der Waals surface area contributed by atoms with E-state index in [1.807, 2.05) is 0 Å². The molecule has 2 aromatic rings. The van der Waals surface area contributed by atoms with Gasteiger partial charge in [0.1, 0.15) is 13.2 Å². The fourth-order valence-electron chi connectivity index (χ4n) is 2.94. The molecule has 0 spiro atoms. The van der Waals surface area contributed by atoms with Crippen LogP contribution in [0.4, 0.5) is 5.69 Å². The number of sulfonamides is 1. The van der Waals surface area contributed by atoms with Gasteiger partial charge in [-0.1, -0.05) is 11.6 Å². The van der Waals surface area contributed by atoms with E-state index in [0.29, 0.717) is 41.0 Å². The van der Waals surface area contributed by atoms with Gasteiger partial charge in [-0.25, -0.2) is 8.42 Å². The van der Waals surface area contributed by atoms with Gasteiger partial charge < -0.3 is 19.5 Å². The summed E-state index contributed by atoms with van der Waals surface area (Å²) in [7, 11) is -2.64. The highest BCUT2D eigenvalue weighted by Gasteiger charge is 2.24. The molecule has 2 aromatic carbocycles. The zero-order valence-corrected chi connectivity index (χ0v) is 19.2. The average Bonchev–Trinajstić information content (AvgIpc) is 2.98. The number of halogens is 1. The molecule has 0 fully saturated rings. The Hall–Kier alpha value is -2.82. The molecule has 172 valence electrons. The molecule has 0 bridgehead atoms. The fourth-order valence-corrected chi connectivity index (χ4v) is 4.34. The Bertz CT molecular complexity index is 1100. The number of anilines is 1. The number of nitrogens with zero attached hydrogens (tertiary/aromatic N) is 1. The van der Waals surface area contributed by atoms with Gasteiger partial charge in [0.2, 0.25) is 15.9 Å². The van der Waals surface area contributed by atoms with Crippen LogP contribution in [0.15, 0.2) is 41.3 Å². The lowest BCUT2D eigenvalue weighted by Crippen LogP contribution is -2.33. The highest BCUT2D eigenvalue weighted by molar-refractivity contribution is 7.89. The number of hydrogen-bond donors (Lipinski definition) is 1. The van der Waals surface area contributed by atoms with Crippen LogP contribution >= 0.6 is 11.6 Å². The summed E-state index contributed by atoms with van der Waals surface area (Å²) in [5.41, 5.74) is 1.05. The van der Waals surface area contributed by atoms with Crippen molar-refractivity contribution in [3.63, 3.8) is 0 Å². The molecular weight excluding hydrogens is 460 g/mol. The first-order valence-electron chi connectivity index (χ1n) is 9.74. The number of rotatable bonds is 7. The Morgan fingerprint density at radius 1 is 1.16 bits per heavy atom. The summed E-state index contributed by atoms with van der Waals surface area (Å²) >= 11 is 6.23. The van der Waals surface area contributed by atoms with Crippen LogP contribution in [-0.2, 0) is 31.0 Å². The van der Waals surface area contributed by atoms with Crippen LogP contribution in [0.25, 0.3) is 0 Å². The monoisotopic (exact) mass is 482 g/mol. The standard InChI is InChI=1S/C21H23ClN2O7S/c1-14(25)23-16-4-6-17(7-5-16)32(27,28)24(2)12-20(26)31-13-15-10-18(22)21-19(11-15)29-8-3-9-30-21/h4-7,10-11H,3,8-9,12-13H2,1-2H3,(H,23,25). The molecule has 0 aliphatic carbocycles. The van der Waals surface area contributed by atoms with Gasteiger partial charge in [-0.15, -0.1) is 0 Å². The van der Waals surface area contributed by atoms with Crippen LogP contribution in [0.3, 0.4) is 0 Å². The summed E-state index contributed by atoms with van der Waals surface area (Å²) in [4.78, 5) is 23.3. The highest BCUT2D eigenvalue weighted by atomic mass is 35.5. The van der Waals surface area contributed by atoms with Crippen molar-refractivity contribution >= 4 is 39.2 Å². The van der Waals surface area contributed by atoms with Crippen molar-refractivity contribution in [1.82, 2.24) is 4.31 Å². The van der Waals surface area contributed by atoms with Gasteiger partial charge in [0.05, 0.1) is 23.1 Å². The van der Waals surface area contributed by atoms with E-state index in [-0.39, 0.29) is 17.4 Å². The van der Waals surface area contributed by atoms with E-state index in [2.05, 4.69) is 5.32 Å². The Balaban J connectivity index is 1.60. The first kappa shape index (κ1) is 23.8. The molecule has 0 saturated carbocycles. The van der Waals surface area contributed by atoms with Crippen molar-refractivity contribution in [1.29, 1.82) is 0 Å². The summed E-state index contributed by atoms with van der Waals surface area (Å²) < 4.78 is 42.7. The molecule has 1 aliphatic heterocycles. The number of ether oxygens (including phenoxy) is 3. The number of hydrogen-bond acceptors (Lipinski definition) is 7. The smallest absolute Gasteiger partial charge is 0.321 e. The molecule has 0 saturated heterocycles. The van der Waals surface area contributed by atoms with Crippen molar-refractivity contribution in [3.8, 4) is 11.5 Å². The van der Waals surface area contributed by atoms with Crippen molar-refractivity contribution in [3.05, 3.63) is 47.0 Å². The first-order valence-corrected chi connectivity index (χ1v) is 11.6. The average molecular weight is 483 g/mol. The van der Waals surface area contributed by atoms with Gasteiger partial charge >= 0.3 is 5.97 Å². The minimum Gasteiger partial charge on any atom is -0.489 e. The first-order chi connectivity index (χ1) is 15.2. The maximum absolute atomic E-state index is 12.7. The van der Waals surface area contributed by atoms with E-state index >= 15 is 0 Å². The van der Waals surface area contributed by atoms with E-state index in [9.17, 15) is 18.0 Å². The SMILES string of the molecule is CC(=O)Nc1ccc(S(=O)(=O)N(C)CC(=O)OCc2cc(Cl)c3c(c2)OCCCO3)cc1. The molecule has 0 aromatic heterocycles. The molecule has 0 unspecified atom stereocenters. The topological polar surface area (TPSA) is 111 Å². The summed E-state index contributed by atoms with van der Waals surface area (Å²) in [5, 5.41) is 2.90. The van der Waals surface area contributed by atoms with Crippen LogP contribution in [-0.4, -0.2) is 51.4 Å². The predicted octanol–water partition coefficient (Wildman–Crippen LogP) is 2.82. The third-order valence-electron chi connectivity index (χ3n) is 4.50. The lowest BCUT2D eigenvalue weighted by molar-refractivity contribution is -0.144. The molecule has 1 N–H and O–H groups in total. The Morgan fingerprint density at radius 3 is 2.53 bits per heavy atom. The van der Waals surface area contributed by atoms with Gasteiger partial charge in [-0.2, -0.15) is 4.31 Å². The highest BCUT2D eigenvalue weighted by Crippen LogP contribution is 2.38. The number of carbonyl (C=O) groups excluding carboxylic acids is 2. The molecule has 0 radical (unpaired) electrons. The predicted molar refractivity (Wildman–Crippen MR) is 117 cm³/mol. The zero-order valence-electron chi connectivity index (χ0n) is 17.6. The third-order valence-corrected chi connectivity index (χ3v) is 6.59. The fraction of sp³-hybridized carbons (Fsp3) is 0.333. The third kappa shape index (κ3) is 5.90. The summed E-state index contributed by atoms with van der Waals surface area (Å²) in [5.74, 6) is -0.0671. The van der Waals surface area contributed by atoms with Gasteiger partial charge in [-0.05, 0) is 42.0 Å². The number of esters is 1. The largest absolute Gasteiger partial charge is 0.489 e. The van der Waals surface area contributed by atoms with Crippen molar-refractivity contribution in [2.45, 2.75) is 24.8 Å². The molecule has 1 heterocycles. The molecule has 9 nitrogen and oxygen atoms in total. The van der Waals surface area contributed by atoms with Gasteiger partial charge in [0.25, 0.3) is 0 Å². The number of likely N-dealkylation sites (N-methyl/N-ethyl adjacent to an activating group) is 1. The number of benzene rings is 2. The van der Waals surface area contributed by atoms with Crippen LogP contribution in [0, 0.1) is 0 Å². The molecule has 3 rings (SSSR count). The number of fused-ring (bicyclic) bond motifs is 1. The van der Waals surface area contributed by atoms with Gasteiger partial charge in [0.15, 0.2) is 11.5 Å². The van der Waals surface area contributed by atoms with Crippen LogP contribution in [0.2, 0.25) is 5.02 Å². The summed E-state index contributed by atoms with van der Waals surface area (Å²) in [6.45, 7) is 1.76. The second kappa shape index (κ2) is 10.2. The van der Waals surface area contributed by atoms with Crippen LogP contribution in [0.5, 0.6) is 11.5 Å². The van der Waals surface area contributed by atoms with E-state index in [4.69, 9.17) is 25.8 Å². The van der Waals surface area contributed by atoms with E-state index in [1.54, 1.807) is 12.1 Å². The normalized spacial score (nSPS) is 13.4. The lowest BCUT2D eigenvalue weighted by Gasteiger charge is -2.17. The Kier molecular flexibility index (Phi) is 7.60. The molecule has 1 aliphatic rings. The van der Waals surface area contributed by atoms with E-state index in [1.165, 1.54) is 38.2 Å². The lowest BCUT2D eigenvalue weighted by atomic mass is 10.2. The van der Waals surface area contributed by atoms with Gasteiger partial charge in [0, 0.05) is 26.1 Å². The van der Waals surface area contributed by atoms with Crippen LogP contribution < -0.4 is 14.8 Å². The summed E-state index contributed by atoms with van der Waals surface area (Å²) in [6, 6.07) is 8.92. The molecule has 32 heavy (non-hydrogen) atoms. The number of carbonyl (C=O) groups is 2. The summed E-state index contributed by atoms with van der Waals surface area (Å²) in [6.07, 6.45) is 0.728.